The maximum Gasteiger partial charge on any atom is 0.306 e. The number of esters is 1. The predicted octanol–water partition coefficient (Wildman–Crippen LogP) is 15.0. The van der Waals surface area contributed by atoms with E-state index in [9.17, 15) is 4.79 Å². The molecule has 4 rings (SSSR count). The van der Waals surface area contributed by atoms with E-state index >= 15 is 0 Å². The molecule has 0 aliphatic heterocycles. The molecule has 0 N–H and O–H groups in total. The van der Waals surface area contributed by atoms with Gasteiger partial charge >= 0.3 is 5.97 Å². The Morgan fingerprint density at radius 2 is 1.31 bits per heavy atom. The predicted molar refractivity (Wildman–Crippen MR) is 212 cm³/mol. The summed E-state index contributed by atoms with van der Waals surface area (Å²) in [5, 5.41) is 0. The summed E-state index contributed by atoms with van der Waals surface area (Å²) in [4.78, 5) is 12.8. The number of ether oxygens (including phenoxy) is 1. The van der Waals surface area contributed by atoms with Crippen LogP contribution in [0.4, 0.5) is 0 Å². The largest absolute Gasteiger partial charge is 0.462 e. The molecule has 0 aromatic heterocycles. The van der Waals surface area contributed by atoms with Gasteiger partial charge in [-0.05, 0) is 97.7 Å². The number of hydrogen-bond acceptors (Lipinski definition) is 2. The zero-order valence-electron chi connectivity index (χ0n) is 33.9. The molecule has 0 aromatic rings. The number of carbonyl (C=O) groups excluding carboxylic acids is 1. The first-order chi connectivity index (χ1) is 23.7. The Labute approximate surface area is 306 Å². The minimum absolute atomic E-state index is 0.0665. The van der Waals surface area contributed by atoms with Crippen molar-refractivity contribution >= 4 is 5.97 Å². The third kappa shape index (κ3) is 11.9. The third-order valence-corrected chi connectivity index (χ3v) is 15.0. The summed E-state index contributed by atoms with van der Waals surface area (Å²) in [5.41, 5.74) is 2.54. The molecule has 0 saturated heterocycles. The quantitative estimate of drug-likeness (QED) is 0.0576. The topological polar surface area (TPSA) is 26.3 Å². The lowest BCUT2D eigenvalue weighted by Gasteiger charge is -2.58. The van der Waals surface area contributed by atoms with Gasteiger partial charge in [0.2, 0.25) is 0 Å². The number of fused-ring (bicyclic) bond motifs is 5. The van der Waals surface area contributed by atoms with Crippen molar-refractivity contribution in [2.45, 2.75) is 234 Å². The molecule has 0 bridgehead atoms. The third-order valence-electron chi connectivity index (χ3n) is 15.0. The van der Waals surface area contributed by atoms with Crippen LogP contribution in [0.5, 0.6) is 0 Å². The molecule has 2 nitrogen and oxygen atoms in total. The number of carbonyl (C=O) groups is 1. The summed E-state index contributed by atoms with van der Waals surface area (Å²) in [6, 6.07) is 0. The van der Waals surface area contributed by atoms with Crippen LogP contribution in [0.3, 0.4) is 0 Å². The van der Waals surface area contributed by atoms with Crippen molar-refractivity contribution in [2.75, 3.05) is 0 Å². The Bertz CT molecular complexity index is 965. The van der Waals surface area contributed by atoms with Crippen molar-refractivity contribution in [3.63, 3.8) is 0 Å². The Balaban J connectivity index is 1.07. The van der Waals surface area contributed by atoms with Crippen molar-refractivity contribution in [3.8, 4) is 0 Å². The van der Waals surface area contributed by atoms with E-state index in [2.05, 4.69) is 47.6 Å². The lowest BCUT2D eigenvalue weighted by atomic mass is 9.47. The van der Waals surface area contributed by atoms with Crippen LogP contribution in [0, 0.1) is 46.3 Å². The molecular weight excluding hydrogens is 597 g/mol. The average Bonchev–Trinajstić information content (AvgIpc) is 3.43. The van der Waals surface area contributed by atoms with Gasteiger partial charge < -0.3 is 4.74 Å². The van der Waals surface area contributed by atoms with E-state index in [0.29, 0.717) is 17.3 Å². The standard InChI is InChI=1S/C47H84O2/c1-7-8-9-10-11-12-13-14-15-16-17-18-19-20-21-22-23-27-45(48)49-40-32-34-46(5)39(36-40)28-29-41-43-31-30-42(38(4)26-24-25-37(2)3)47(43,6)35-33-44(41)46/h28,37-38,40-44H,7-27,29-36H2,1-6H3/t38?,40-,41-,42+,43-,44-,46-,47+/m0/s1. The molecular formula is C47H84O2. The van der Waals surface area contributed by atoms with Crippen molar-refractivity contribution in [1.29, 1.82) is 0 Å². The van der Waals surface area contributed by atoms with E-state index in [0.717, 1.165) is 54.8 Å². The SMILES string of the molecule is CCCCCCCCCCCCCCCCCCCC(=O)O[C@H]1CC[C@@]2(C)C(=CC[C@H]3[C@@H]4CC[C@H](C(C)CCCC(C)C)[C@@]4(C)CC[C@@H]32)C1. The molecule has 0 aromatic carbocycles. The molecule has 3 fully saturated rings. The summed E-state index contributed by atoms with van der Waals surface area (Å²) >= 11 is 0. The van der Waals surface area contributed by atoms with Crippen molar-refractivity contribution in [2.24, 2.45) is 46.3 Å². The first-order valence-corrected chi connectivity index (χ1v) is 22.6. The number of unbranched alkanes of at least 4 members (excludes halogenated alkanes) is 16. The number of allylic oxidation sites excluding steroid dienone is 1. The van der Waals surface area contributed by atoms with E-state index < -0.39 is 0 Å². The van der Waals surface area contributed by atoms with Gasteiger partial charge in [-0.1, -0.05) is 175 Å². The summed E-state index contributed by atoms with van der Waals surface area (Å²) < 4.78 is 6.14. The molecule has 0 amide bonds. The first kappa shape index (κ1) is 41.0. The highest BCUT2D eigenvalue weighted by Crippen LogP contribution is 2.67. The van der Waals surface area contributed by atoms with Crippen LogP contribution in [-0.4, -0.2) is 12.1 Å². The van der Waals surface area contributed by atoms with Crippen LogP contribution >= 0.6 is 0 Å². The van der Waals surface area contributed by atoms with Crippen LogP contribution < -0.4 is 0 Å². The van der Waals surface area contributed by atoms with Gasteiger partial charge in [-0.25, -0.2) is 0 Å². The zero-order chi connectivity index (χ0) is 35.1. The second-order valence-corrected chi connectivity index (χ2v) is 19.1. The fourth-order valence-electron chi connectivity index (χ4n) is 12.0. The molecule has 8 atom stereocenters. The number of rotatable bonds is 24. The second-order valence-electron chi connectivity index (χ2n) is 19.1. The first-order valence-electron chi connectivity index (χ1n) is 22.6. The van der Waals surface area contributed by atoms with Gasteiger partial charge in [-0.3, -0.25) is 4.79 Å². The van der Waals surface area contributed by atoms with Gasteiger partial charge in [-0.15, -0.1) is 0 Å². The molecule has 0 radical (unpaired) electrons. The highest BCUT2D eigenvalue weighted by atomic mass is 16.5. The molecule has 0 heterocycles. The summed E-state index contributed by atoms with van der Waals surface area (Å²) in [5.74, 6) is 5.34. The van der Waals surface area contributed by atoms with E-state index in [4.69, 9.17) is 4.74 Å². The summed E-state index contributed by atoms with van der Waals surface area (Å²) in [6.07, 6.45) is 41.3. The highest BCUT2D eigenvalue weighted by molar-refractivity contribution is 5.69. The fourth-order valence-corrected chi connectivity index (χ4v) is 12.0. The van der Waals surface area contributed by atoms with Gasteiger partial charge in [0.25, 0.3) is 0 Å². The average molecular weight is 681 g/mol. The maximum atomic E-state index is 12.8. The van der Waals surface area contributed by atoms with Crippen molar-refractivity contribution < 1.29 is 9.53 Å². The van der Waals surface area contributed by atoms with Gasteiger partial charge in [0.1, 0.15) is 6.10 Å². The smallest absolute Gasteiger partial charge is 0.306 e. The number of hydrogen-bond donors (Lipinski definition) is 0. The molecule has 1 unspecified atom stereocenters. The van der Waals surface area contributed by atoms with E-state index in [1.54, 1.807) is 5.57 Å². The lowest BCUT2D eigenvalue weighted by Crippen LogP contribution is -2.51. The zero-order valence-corrected chi connectivity index (χ0v) is 33.9. The van der Waals surface area contributed by atoms with Crippen molar-refractivity contribution in [1.82, 2.24) is 0 Å². The van der Waals surface area contributed by atoms with Crippen LogP contribution in [-0.2, 0) is 9.53 Å². The highest BCUT2D eigenvalue weighted by Gasteiger charge is 2.59. The van der Waals surface area contributed by atoms with Crippen LogP contribution in [0.1, 0.15) is 228 Å². The Hall–Kier alpha value is -0.790. The normalized spacial score (nSPS) is 31.6. The Morgan fingerprint density at radius 1 is 0.714 bits per heavy atom. The summed E-state index contributed by atoms with van der Waals surface area (Å²) in [6.45, 7) is 15.0. The lowest BCUT2D eigenvalue weighted by molar-refractivity contribution is -0.151. The minimum Gasteiger partial charge on any atom is -0.462 e. The van der Waals surface area contributed by atoms with Gasteiger partial charge in [0.15, 0.2) is 0 Å². The fraction of sp³-hybridized carbons (Fsp3) is 0.936. The van der Waals surface area contributed by atoms with E-state index in [1.165, 1.54) is 161 Å². The van der Waals surface area contributed by atoms with Gasteiger partial charge in [-0.2, -0.15) is 0 Å². The molecule has 4 aliphatic rings. The van der Waals surface area contributed by atoms with Crippen molar-refractivity contribution in [3.05, 3.63) is 11.6 Å². The minimum atomic E-state index is 0.0665. The molecule has 49 heavy (non-hydrogen) atoms. The van der Waals surface area contributed by atoms with Gasteiger partial charge in [0, 0.05) is 12.8 Å². The molecule has 2 heteroatoms. The molecule has 284 valence electrons. The maximum absolute atomic E-state index is 12.8. The van der Waals surface area contributed by atoms with Crippen LogP contribution in [0.2, 0.25) is 0 Å². The van der Waals surface area contributed by atoms with Crippen LogP contribution in [0.15, 0.2) is 11.6 Å². The Kier molecular flexibility index (Phi) is 17.6. The molecule has 3 saturated carbocycles. The molecule has 0 spiro atoms. The Morgan fingerprint density at radius 3 is 1.90 bits per heavy atom. The van der Waals surface area contributed by atoms with Crippen LogP contribution in [0.25, 0.3) is 0 Å². The molecule has 4 aliphatic carbocycles. The monoisotopic (exact) mass is 681 g/mol. The van der Waals surface area contributed by atoms with E-state index in [-0.39, 0.29) is 12.1 Å². The van der Waals surface area contributed by atoms with Gasteiger partial charge in [0.05, 0.1) is 0 Å². The second kappa shape index (κ2) is 21.0. The summed E-state index contributed by atoms with van der Waals surface area (Å²) in [7, 11) is 0. The van der Waals surface area contributed by atoms with E-state index in [1.807, 2.05) is 0 Å².